The third-order valence-corrected chi connectivity index (χ3v) is 6.46. The highest BCUT2D eigenvalue weighted by atomic mass is 32.1. The number of benzene rings is 2. The van der Waals surface area contributed by atoms with Gasteiger partial charge >= 0.3 is 18.2 Å². The van der Waals surface area contributed by atoms with Crippen LogP contribution in [0.4, 0.5) is 33.2 Å². The summed E-state index contributed by atoms with van der Waals surface area (Å²) in [6.45, 7) is -0.617. The van der Waals surface area contributed by atoms with Crippen molar-refractivity contribution in [2.75, 3.05) is 24.2 Å². The number of likely N-dealkylation sites (N-methyl/N-ethyl adjacent to an activating group) is 1. The van der Waals surface area contributed by atoms with Gasteiger partial charge in [0.15, 0.2) is 5.13 Å². The smallest absolute Gasteiger partial charge is 0.419 e. The number of hydrogen-bond donors (Lipinski definition) is 4. The van der Waals surface area contributed by atoms with Crippen LogP contribution in [-0.4, -0.2) is 58.7 Å². The molecule has 1 fully saturated rings. The van der Waals surface area contributed by atoms with E-state index in [4.69, 9.17) is 0 Å². The Morgan fingerprint density at radius 1 is 1.20 bits per heavy atom. The summed E-state index contributed by atoms with van der Waals surface area (Å²) in [5, 5.41) is 16.3. The number of aromatic nitrogens is 1. The molecule has 1 aliphatic rings. The molecule has 3 aromatic rings. The van der Waals surface area contributed by atoms with Crippen LogP contribution in [0.15, 0.2) is 42.5 Å². The maximum Gasteiger partial charge on any atom is 0.419 e. The summed E-state index contributed by atoms with van der Waals surface area (Å²) in [7, 11) is 1.01. The van der Waals surface area contributed by atoms with Gasteiger partial charge in [-0.25, -0.2) is 19.0 Å². The molecule has 4 N–H and O–H groups in total. The number of aliphatic carboxylic acids is 1. The van der Waals surface area contributed by atoms with Crippen LogP contribution in [0.25, 0.3) is 10.2 Å². The predicted octanol–water partition coefficient (Wildman–Crippen LogP) is 3.35. The molecule has 2 atom stereocenters. The summed E-state index contributed by atoms with van der Waals surface area (Å²) in [6, 6.07) is 6.32. The Hall–Kier alpha value is -3.78. The molecule has 1 saturated heterocycles. The quantitative estimate of drug-likeness (QED) is 0.399. The average Bonchev–Trinajstić information content (AvgIpc) is 3.17. The van der Waals surface area contributed by atoms with E-state index >= 15 is 0 Å². The minimum atomic E-state index is -5.09. The monoisotopic (exact) mass is 511 g/mol. The molecule has 2 aromatic carbocycles. The van der Waals surface area contributed by atoms with Crippen molar-refractivity contribution in [2.45, 2.75) is 17.8 Å². The molecule has 184 valence electrons. The second kappa shape index (κ2) is 8.78. The first kappa shape index (κ1) is 24.3. The van der Waals surface area contributed by atoms with Crippen molar-refractivity contribution < 1.29 is 37.1 Å². The number of carbonyl (C=O) groups excluding carboxylic acids is 2. The Morgan fingerprint density at radius 3 is 2.51 bits per heavy atom. The molecule has 2 heterocycles. The van der Waals surface area contributed by atoms with Crippen LogP contribution >= 0.6 is 11.3 Å². The number of urea groups is 1. The maximum atomic E-state index is 14.3. The lowest BCUT2D eigenvalue weighted by molar-refractivity contribution is -0.217. The number of thiazole rings is 1. The molecular formula is C21H17F4N5O4S. The van der Waals surface area contributed by atoms with Gasteiger partial charge in [0.2, 0.25) is 5.54 Å². The first-order valence-electron chi connectivity index (χ1n) is 9.99. The molecule has 0 aliphatic carbocycles. The van der Waals surface area contributed by atoms with Crippen LogP contribution in [0.2, 0.25) is 0 Å². The van der Waals surface area contributed by atoms with Gasteiger partial charge in [0.25, 0.3) is 5.91 Å². The molecule has 1 aromatic heterocycles. The lowest BCUT2D eigenvalue weighted by atomic mass is 9.84. The first-order valence-corrected chi connectivity index (χ1v) is 10.8. The van der Waals surface area contributed by atoms with E-state index in [1.165, 1.54) is 18.2 Å². The van der Waals surface area contributed by atoms with Crippen molar-refractivity contribution >= 4 is 50.3 Å². The van der Waals surface area contributed by atoms with Gasteiger partial charge in [-0.15, -0.1) is 0 Å². The fourth-order valence-electron chi connectivity index (χ4n) is 3.74. The number of amides is 3. The Morgan fingerprint density at radius 2 is 1.89 bits per heavy atom. The third-order valence-electron chi connectivity index (χ3n) is 5.52. The molecular weight excluding hydrogens is 494 g/mol. The van der Waals surface area contributed by atoms with Crippen molar-refractivity contribution in [1.29, 1.82) is 0 Å². The van der Waals surface area contributed by atoms with Crippen molar-refractivity contribution in [3.05, 3.63) is 53.8 Å². The van der Waals surface area contributed by atoms with Gasteiger partial charge in [-0.1, -0.05) is 17.4 Å². The number of carboxylic acid groups (broad SMARTS) is 1. The molecule has 0 saturated carbocycles. The van der Waals surface area contributed by atoms with Crippen LogP contribution in [0, 0.1) is 5.82 Å². The highest BCUT2D eigenvalue weighted by Crippen LogP contribution is 2.43. The van der Waals surface area contributed by atoms with Gasteiger partial charge in [0.1, 0.15) is 11.9 Å². The SMILES string of the molecule is CN1C(=O)[C@@](c2ccc3nc(NC(=O)Nc4ccc(F)cc4)sc3c2)(C(F)(F)F)NC[C@H]1C(=O)O. The number of alkyl halides is 3. The lowest BCUT2D eigenvalue weighted by Crippen LogP contribution is -2.71. The summed E-state index contributed by atoms with van der Waals surface area (Å²) in [5.41, 5.74) is -3.01. The van der Waals surface area contributed by atoms with E-state index < -0.39 is 53.6 Å². The van der Waals surface area contributed by atoms with Gasteiger partial charge in [0, 0.05) is 19.3 Å². The van der Waals surface area contributed by atoms with Gasteiger partial charge < -0.3 is 15.3 Å². The molecule has 0 spiro atoms. The molecule has 9 nitrogen and oxygen atoms in total. The number of hydrogen-bond acceptors (Lipinski definition) is 6. The van der Waals surface area contributed by atoms with Crippen molar-refractivity contribution in [3.63, 3.8) is 0 Å². The second-order valence-corrected chi connectivity index (χ2v) is 8.72. The molecule has 14 heteroatoms. The fourth-order valence-corrected chi connectivity index (χ4v) is 4.64. The van der Waals surface area contributed by atoms with E-state index in [9.17, 15) is 37.1 Å². The number of nitrogens with zero attached hydrogens (tertiary/aromatic N) is 2. The minimum absolute atomic E-state index is 0.0730. The number of piperazine rings is 1. The first-order chi connectivity index (χ1) is 16.4. The molecule has 35 heavy (non-hydrogen) atoms. The van der Waals surface area contributed by atoms with Gasteiger partial charge in [0.05, 0.1) is 10.2 Å². The van der Waals surface area contributed by atoms with E-state index in [0.29, 0.717) is 10.6 Å². The molecule has 0 bridgehead atoms. The Labute approximate surface area is 198 Å². The topological polar surface area (TPSA) is 124 Å². The Bertz CT molecular complexity index is 1310. The number of rotatable bonds is 4. The highest BCUT2D eigenvalue weighted by Gasteiger charge is 2.65. The normalized spacial score (nSPS) is 20.7. The number of anilines is 2. The number of carbonyl (C=O) groups is 3. The van der Waals surface area contributed by atoms with Crippen molar-refractivity contribution in [1.82, 2.24) is 15.2 Å². The van der Waals surface area contributed by atoms with Gasteiger partial charge in [-0.3, -0.25) is 15.4 Å². The fraction of sp³-hybridized carbons (Fsp3) is 0.238. The van der Waals surface area contributed by atoms with Crippen LogP contribution < -0.4 is 16.0 Å². The molecule has 4 rings (SSSR count). The molecule has 0 unspecified atom stereocenters. The Balaban J connectivity index is 1.63. The predicted molar refractivity (Wildman–Crippen MR) is 119 cm³/mol. The number of nitrogens with one attached hydrogen (secondary N) is 3. The molecule has 1 aliphatic heterocycles. The Kier molecular flexibility index (Phi) is 6.11. The van der Waals surface area contributed by atoms with E-state index in [1.807, 2.05) is 0 Å². The van der Waals surface area contributed by atoms with E-state index in [2.05, 4.69) is 20.9 Å². The summed E-state index contributed by atoms with van der Waals surface area (Å²) < 4.78 is 56.1. The maximum absolute atomic E-state index is 14.3. The zero-order valence-corrected chi connectivity index (χ0v) is 18.6. The number of fused-ring (bicyclic) bond motifs is 1. The average molecular weight is 511 g/mol. The van der Waals surface area contributed by atoms with Crippen LogP contribution in [0.1, 0.15) is 5.56 Å². The lowest BCUT2D eigenvalue weighted by Gasteiger charge is -2.44. The standard InChI is InChI=1S/C21H17F4N5O4S/c1-30-14(16(31)32)9-26-20(17(30)33,21(23,24)25)10-2-7-13-15(8-10)35-19(28-13)29-18(34)27-12-5-3-11(22)4-6-12/h2-8,14,26H,9H2,1H3,(H,31,32)(H2,27,28,29,34)/t14-,20-/m0/s1. The minimum Gasteiger partial charge on any atom is -0.480 e. The summed E-state index contributed by atoms with van der Waals surface area (Å²) in [5.74, 6) is -3.37. The van der Waals surface area contributed by atoms with Crippen LogP contribution in [0.5, 0.6) is 0 Å². The van der Waals surface area contributed by atoms with Crippen molar-refractivity contribution in [2.24, 2.45) is 0 Å². The van der Waals surface area contributed by atoms with Crippen LogP contribution in [0.3, 0.4) is 0 Å². The van der Waals surface area contributed by atoms with E-state index in [-0.39, 0.29) is 15.3 Å². The summed E-state index contributed by atoms with van der Waals surface area (Å²) >= 11 is 0.876. The summed E-state index contributed by atoms with van der Waals surface area (Å²) in [6.07, 6.45) is -5.09. The van der Waals surface area contributed by atoms with E-state index in [1.54, 1.807) is 0 Å². The highest BCUT2D eigenvalue weighted by molar-refractivity contribution is 7.22. The number of carboxylic acids is 1. The van der Waals surface area contributed by atoms with E-state index in [0.717, 1.165) is 42.6 Å². The number of halogens is 4. The second-order valence-electron chi connectivity index (χ2n) is 7.69. The largest absolute Gasteiger partial charge is 0.480 e. The van der Waals surface area contributed by atoms with Crippen LogP contribution in [-0.2, 0) is 15.1 Å². The zero-order valence-electron chi connectivity index (χ0n) is 17.8. The van der Waals surface area contributed by atoms with Gasteiger partial charge in [-0.05, 0) is 42.0 Å². The molecule has 3 amide bonds. The van der Waals surface area contributed by atoms with Crippen molar-refractivity contribution in [3.8, 4) is 0 Å². The molecule has 0 radical (unpaired) electrons. The third kappa shape index (κ3) is 4.37. The zero-order chi connectivity index (χ0) is 25.5. The van der Waals surface area contributed by atoms with Gasteiger partial charge in [-0.2, -0.15) is 13.2 Å². The summed E-state index contributed by atoms with van der Waals surface area (Å²) in [4.78, 5) is 41.1.